The molecule has 13 heavy (non-hydrogen) atoms. The average Bonchev–Trinajstić information content (AvgIpc) is 1.79. The minimum atomic E-state index is -0.0319. The van der Waals surface area contributed by atoms with Crippen LogP contribution in [0.5, 0.6) is 0 Å². The summed E-state index contributed by atoms with van der Waals surface area (Å²) >= 11 is 0. The van der Waals surface area contributed by atoms with Gasteiger partial charge in [-0.05, 0) is 43.6 Å². The first-order valence-corrected chi connectivity index (χ1v) is 5.17. The van der Waals surface area contributed by atoms with Crippen molar-refractivity contribution in [1.82, 2.24) is 0 Å². The Labute approximate surface area is 82.1 Å². The smallest absolute Gasteiger partial charge is 0.0136 e. The van der Waals surface area contributed by atoms with Crippen molar-refractivity contribution in [3.63, 3.8) is 0 Å². The van der Waals surface area contributed by atoms with E-state index in [4.69, 9.17) is 11.5 Å². The highest BCUT2D eigenvalue weighted by Crippen LogP contribution is 2.48. The molecule has 78 valence electrons. The van der Waals surface area contributed by atoms with Crippen molar-refractivity contribution < 1.29 is 0 Å². The predicted octanol–water partition coefficient (Wildman–Crippen LogP) is 1.88. The molecule has 0 saturated heterocycles. The maximum Gasteiger partial charge on any atom is 0.0136 e. The first kappa shape index (κ1) is 11.0. The molecular formula is C11H24N2. The van der Waals surface area contributed by atoms with E-state index in [1.54, 1.807) is 0 Å². The van der Waals surface area contributed by atoms with E-state index >= 15 is 0 Å². The van der Waals surface area contributed by atoms with Crippen LogP contribution in [-0.4, -0.2) is 12.1 Å². The topological polar surface area (TPSA) is 52.0 Å². The Balaban J connectivity index is 2.84. The fourth-order valence-corrected chi connectivity index (χ4v) is 3.56. The molecule has 0 amide bonds. The summed E-state index contributed by atoms with van der Waals surface area (Å²) < 4.78 is 0. The maximum absolute atomic E-state index is 6.25. The van der Waals surface area contributed by atoms with Crippen molar-refractivity contribution in [2.75, 3.05) is 6.54 Å². The van der Waals surface area contributed by atoms with Gasteiger partial charge in [0, 0.05) is 5.54 Å². The highest BCUT2D eigenvalue weighted by Gasteiger charge is 2.44. The first-order valence-electron chi connectivity index (χ1n) is 5.17. The van der Waals surface area contributed by atoms with E-state index in [1.165, 1.54) is 6.42 Å². The molecule has 0 aromatic carbocycles. The summed E-state index contributed by atoms with van der Waals surface area (Å²) in [6, 6.07) is 0. The Morgan fingerprint density at radius 3 is 1.92 bits per heavy atom. The normalized spacial score (nSPS) is 44.8. The van der Waals surface area contributed by atoms with Gasteiger partial charge in [-0.2, -0.15) is 0 Å². The first-order chi connectivity index (χ1) is 5.68. The van der Waals surface area contributed by atoms with Crippen molar-refractivity contribution in [1.29, 1.82) is 0 Å². The van der Waals surface area contributed by atoms with E-state index in [2.05, 4.69) is 27.7 Å². The van der Waals surface area contributed by atoms with E-state index in [-0.39, 0.29) is 11.0 Å². The van der Waals surface area contributed by atoms with E-state index in [0.29, 0.717) is 5.41 Å². The Hall–Kier alpha value is -0.0800. The zero-order valence-electron chi connectivity index (χ0n) is 9.48. The molecule has 2 atom stereocenters. The molecule has 2 unspecified atom stereocenters. The average molecular weight is 184 g/mol. The minimum absolute atomic E-state index is 0.0319. The van der Waals surface area contributed by atoms with Gasteiger partial charge >= 0.3 is 0 Å². The number of rotatable bonds is 1. The van der Waals surface area contributed by atoms with Gasteiger partial charge in [0.2, 0.25) is 0 Å². The van der Waals surface area contributed by atoms with Gasteiger partial charge in [0.25, 0.3) is 0 Å². The van der Waals surface area contributed by atoms with Gasteiger partial charge < -0.3 is 11.5 Å². The molecule has 4 N–H and O–H groups in total. The zero-order valence-corrected chi connectivity index (χ0v) is 9.48. The van der Waals surface area contributed by atoms with Gasteiger partial charge in [0.1, 0.15) is 0 Å². The van der Waals surface area contributed by atoms with Crippen molar-refractivity contribution in [2.24, 2.45) is 22.3 Å². The Kier molecular flexibility index (Phi) is 2.50. The molecule has 1 rings (SSSR count). The second kappa shape index (κ2) is 2.96. The van der Waals surface area contributed by atoms with Crippen LogP contribution < -0.4 is 11.5 Å². The van der Waals surface area contributed by atoms with Crippen LogP contribution in [0.1, 0.15) is 47.0 Å². The minimum Gasteiger partial charge on any atom is -0.330 e. The van der Waals surface area contributed by atoms with Crippen molar-refractivity contribution in [2.45, 2.75) is 52.5 Å². The maximum atomic E-state index is 6.25. The summed E-state index contributed by atoms with van der Waals surface area (Å²) in [5.74, 6) is 0. The molecule has 2 nitrogen and oxygen atoms in total. The second-order valence-electron chi connectivity index (χ2n) is 6.36. The van der Waals surface area contributed by atoms with Crippen LogP contribution >= 0.6 is 0 Å². The van der Waals surface area contributed by atoms with E-state index in [9.17, 15) is 0 Å². The molecule has 0 aromatic rings. The lowest BCUT2D eigenvalue weighted by Gasteiger charge is -2.50. The van der Waals surface area contributed by atoms with Crippen molar-refractivity contribution in [3.05, 3.63) is 0 Å². The van der Waals surface area contributed by atoms with E-state index < -0.39 is 0 Å². The van der Waals surface area contributed by atoms with Crippen LogP contribution in [0.4, 0.5) is 0 Å². The largest absolute Gasteiger partial charge is 0.330 e. The summed E-state index contributed by atoms with van der Waals surface area (Å²) in [5.41, 5.74) is 12.6. The molecule has 0 aliphatic heterocycles. The van der Waals surface area contributed by atoms with Crippen LogP contribution in [0, 0.1) is 10.8 Å². The highest BCUT2D eigenvalue weighted by molar-refractivity contribution is 5.00. The van der Waals surface area contributed by atoms with Gasteiger partial charge in [0.15, 0.2) is 0 Å². The van der Waals surface area contributed by atoms with Gasteiger partial charge in [-0.1, -0.05) is 20.8 Å². The third kappa shape index (κ3) is 2.68. The summed E-state index contributed by atoms with van der Waals surface area (Å²) in [6.45, 7) is 9.76. The molecule has 0 bridgehead atoms. The standard InChI is InChI=1S/C11H24N2/c1-9(2)5-10(3,8-12)7-11(4,13)6-9/h5-8,12-13H2,1-4H3. The monoisotopic (exact) mass is 184 g/mol. The summed E-state index contributed by atoms with van der Waals surface area (Å²) in [7, 11) is 0. The van der Waals surface area contributed by atoms with Crippen LogP contribution in [-0.2, 0) is 0 Å². The van der Waals surface area contributed by atoms with Gasteiger partial charge in [-0.15, -0.1) is 0 Å². The molecule has 1 aliphatic carbocycles. The molecule has 2 heteroatoms. The highest BCUT2D eigenvalue weighted by atomic mass is 14.8. The van der Waals surface area contributed by atoms with Crippen LogP contribution in [0.15, 0.2) is 0 Å². The Bertz CT molecular complexity index is 178. The molecule has 1 fully saturated rings. The van der Waals surface area contributed by atoms with E-state index in [0.717, 1.165) is 19.4 Å². The van der Waals surface area contributed by atoms with Gasteiger partial charge in [0.05, 0.1) is 0 Å². The van der Waals surface area contributed by atoms with Gasteiger partial charge in [-0.3, -0.25) is 0 Å². The van der Waals surface area contributed by atoms with Crippen LogP contribution in [0.25, 0.3) is 0 Å². The van der Waals surface area contributed by atoms with Crippen LogP contribution in [0.2, 0.25) is 0 Å². The molecule has 0 radical (unpaired) electrons. The number of hydrogen-bond donors (Lipinski definition) is 2. The summed E-state index contributed by atoms with van der Waals surface area (Å²) in [6.07, 6.45) is 3.36. The zero-order chi connectivity index (χ0) is 10.3. The fourth-order valence-electron chi connectivity index (χ4n) is 3.56. The number of nitrogens with two attached hydrogens (primary N) is 2. The summed E-state index contributed by atoms with van der Waals surface area (Å²) in [4.78, 5) is 0. The SMILES string of the molecule is CC1(C)CC(C)(N)CC(C)(CN)C1. The number of hydrogen-bond acceptors (Lipinski definition) is 2. The van der Waals surface area contributed by atoms with Gasteiger partial charge in [-0.25, -0.2) is 0 Å². The molecule has 1 saturated carbocycles. The second-order valence-corrected chi connectivity index (χ2v) is 6.36. The lowest BCUT2D eigenvalue weighted by atomic mass is 9.58. The predicted molar refractivity (Wildman–Crippen MR) is 57.4 cm³/mol. The van der Waals surface area contributed by atoms with Crippen LogP contribution in [0.3, 0.4) is 0 Å². The quantitative estimate of drug-likeness (QED) is 0.653. The Morgan fingerprint density at radius 2 is 1.54 bits per heavy atom. The fraction of sp³-hybridized carbons (Fsp3) is 1.00. The van der Waals surface area contributed by atoms with Crippen molar-refractivity contribution in [3.8, 4) is 0 Å². The molecule has 1 aliphatic rings. The lowest BCUT2D eigenvalue weighted by Crippen LogP contribution is -2.52. The molecule has 0 heterocycles. The third-order valence-electron chi connectivity index (χ3n) is 3.11. The molecule has 0 spiro atoms. The van der Waals surface area contributed by atoms with E-state index in [1.807, 2.05) is 0 Å². The third-order valence-corrected chi connectivity index (χ3v) is 3.11. The summed E-state index contributed by atoms with van der Waals surface area (Å²) in [5, 5.41) is 0. The molecule has 0 aromatic heterocycles. The molecular weight excluding hydrogens is 160 g/mol. The lowest BCUT2D eigenvalue weighted by molar-refractivity contribution is 0.0503. The Morgan fingerprint density at radius 1 is 1.00 bits per heavy atom. The van der Waals surface area contributed by atoms with Crippen molar-refractivity contribution >= 4 is 0 Å².